The van der Waals surface area contributed by atoms with Crippen LogP contribution in [0.4, 0.5) is 0 Å². The van der Waals surface area contributed by atoms with Crippen molar-refractivity contribution in [2.75, 3.05) is 0 Å². The van der Waals surface area contributed by atoms with Gasteiger partial charge in [-0.3, -0.25) is 9.59 Å². The Balaban J connectivity index is 2.65. The van der Waals surface area contributed by atoms with Crippen molar-refractivity contribution in [1.29, 1.82) is 0 Å². The van der Waals surface area contributed by atoms with Crippen LogP contribution >= 0.6 is 23.2 Å². The molecule has 0 saturated carbocycles. The molecule has 1 atom stereocenters. The first-order valence-corrected chi connectivity index (χ1v) is 6.79. The summed E-state index contributed by atoms with van der Waals surface area (Å²) in [5, 5.41) is 12.1. The summed E-state index contributed by atoms with van der Waals surface area (Å²) in [4.78, 5) is 33.5. The van der Waals surface area contributed by atoms with Crippen LogP contribution in [0.1, 0.15) is 18.4 Å². The van der Waals surface area contributed by atoms with Crippen molar-refractivity contribution in [3.63, 3.8) is 0 Å². The summed E-state index contributed by atoms with van der Waals surface area (Å²) in [6.07, 6.45) is -0.278. The average molecular weight is 333 g/mol. The molecule has 1 aromatic rings. The van der Waals surface area contributed by atoms with Crippen LogP contribution in [0.5, 0.6) is 0 Å². The first kappa shape index (κ1) is 17.3. The van der Waals surface area contributed by atoms with Gasteiger partial charge >= 0.3 is 5.97 Å². The molecule has 0 heterocycles. The SMILES string of the molecule is NC(=O)CC[C@@H](NC(=O)Cc1ccc(Cl)cc1Cl)C(=O)O. The Morgan fingerprint density at radius 2 is 1.95 bits per heavy atom. The summed E-state index contributed by atoms with van der Waals surface area (Å²) in [6.45, 7) is 0. The molecule has 0 bridgehead atoms. The first-order valence-electron chi connectivity index (χ1n) is 6.04. The molecule has 6 nitrogen and oxygen atoms in total. The molecular weight excluding hydrogens is 319 g/mol. The summed E-state index contributed by atoms with van der Waals surface area (Å²) in [5.41, 5.74) is 5.48. The number of primary amides is 1. The van der Waals surface area contributed by atoms with Gasteiger partial charge in [-0.2, -0.15) is 0 Å². The van der Waals surface area contributed by atoms with E-state index in [0.29, 0.717) is 15.6 Å². The Bertz CT molecular complexity index is 563. The van der Waals surface area contributed by atoms with Crippen LogP contribution in [0.15, 0.2) is 18.2 Å². The van der Waals surface area contributed by atoms with Gasteiger partial charge in [-0.1, -0.05) is 29.3 Å². The maximum absolute atomic E-state index is 11.8. The van der Waals surface area contributed by atoms with Crippen LogP contribution in [0.2, 0.25) is 10.0 Å². The van der Waals surface area contributed by atoms with E-state index >= 15 is 0 Å². The molecule has 0 aliphatic carbocycles. The fourth-order valence-electron chi connectivity index (χ4n) is 1.63. The summed E-state index contributed by atoms with van der Waals surface area (Å²) < 4.78 is 0. The Labute approximate surface area is 131 Å². The molecule has 0 saturated heterocycles. The fraction of sp³-hybridized carbons (Fsp3) is 0.308. The van der Waals surface area contributed by atoms with Gasteiger partial charge in [0.15, 0.2) is 0 Å². The van der Waals surface area contributed by atoms with E-state index in [4.69, 9.17) is 34.0 Å². The molecule has 0 radical (unpaired) electrons. The largest absolute Gasteiger partial charge is 0.480 e. The number of aliphatic carboxylic acids is 1. The zero-order valence-corrected chi connectivity index (χ0v) is 12.4. The lowest BCUT2D eigenvalue weighted by Crippen LogP contribution is -2.42. The van der Waals surface area contributed by atoms with Crippen LogP contribution in [-0.2, 0) is 20.8 Å². The second kappa shape index (κ2) is 7.85. The van der Waals surface area contributed by atoms with E-state index < -0.39 is 23.8 Å². The topological polar surface area (TPSA) is 109 Å². The maximum atomic E-state index is 11.8. The predicted molar refractivity (Wildman–Crippen MR) is 78.2 cm³/mol. The summed E-state index contributed by atoms with van der Waals surface area (Å²) in [7, 11) is 0. The Kier molecular flexibility index (Phi) is 6.45. The highest BCUT2D eigenvalue weighted by molar-refractivity contribution is 6.35. The summed E-state index contributed by atoms with van der Waals surface area (Å²) >= 11 is 11.7. The molecule has 4 N–H and O–H groups in total. The van der Waals surface area contributed by atoms with Crippen molar-refractivity contribution in [1.82, 2.24) is 5.32 Å². The van der Waals surface area contributed by atoms with E-state index in [1.807, 2.05) is 0 Å². The van der Waals surface area contributed by atoms with E-state index in [1.54, 1.807) is 12.1 Å². The van der Waals surface area contributed by atoms with E-state index in [-0.39, 0.29) is 19.3 Å². The number of carboxylic acid groups (broad SMARTS) is 1. The number of carboxylic acids is 1. The third-order valence-electron chi connectivity index (χ3n) is 2.68. The van der Waals surface area contributed by atoms with Gasteiger partial charge in [0.05, 0.1) is 6.42 Å². The molecular formula is C13H14Cl2N2O4. The van der Waals surface area contributed by atoms with E-state index in [2.05, 4.69) is 5.32 Å². The van der Waals surface area contributed by atoms with Crippen molar-refractivity contribution in [3.8, 4) is 0 Å². The number of nitrogens with one attached hydrogen (secondary N) is 1. The second-order valence-electron chi connectivity index (χ2n) is 4.38. The minimum Gasteiger partial charge on any atom is -0.480 e. The van der Waals surface area contributed by atoms with Gasteiger partial charge in [0, 0.05) is 16.5 Å². The maximum Gasteiger partial charge on any atom is 0.326 e. The molecule has 0 unspecified atom stereocenters. The van der Waals surface area contributed by atoms with Gasteiger partial charge in [-0.05, 0) is 24.1 Å². The van der Waals surface area contributed by atoms with Crippen LogP contribution < -0.4 is 11.1 Å². The molecule has 0 spiro atoms. The molecule has 0 aliphatic rings. The number of carbonyl (C=O) groups excluding carboxylic acids is 2. The van der Waals surface area contributed by atoms with Crippen LogP contribution in [0.25, 0.3) is 0 Å². The van der Waals surface area contributed by atoms with Crippen LogP contribution in [-0.4, -0.2) is 28.9 Å². The Morgan fingerprint density at radius 1 is 1.29 bits per heavy atom. The predicted octanol–water partition coefficient (Wildman–Crippen LogP) is 1.37. The number of rotatable bonds is 7. The van der Waals surface area contributed by atoms with Gasteiger partial charge in [-0.15, -0.1) is 0 Å². The normalized spacial score (nSPS) is 11.7. The quantitative estimate of drug-likeness (QED) is 0.700. The van der Waals surface area contributed by atoms with Crippen molar-refractivity contribution in [3.05, 3.63) is 33.8 Å². The van der Waals surface area contributed by atoms with Gasteiger partial charge in [0.25, 0.3) is 0 Å². The summed E-state index contributed by atoms with van der Waals surface area (Å²) in [6, 6.07) is 3.49. The van der Waals surface area contributed by atoms with Crippen molar-refractivity contribution in [2.24, 2.45) is 5.73 Å². The van der Waals surface area contributed by atoms with Crippen molar-refractivity contribution >= 4 is 41.0 Å². The number of amides is 2. The third kappa shape index (κ3) is 6.01. The van der Waals surface area contributed by atoms with Crippen molar-refractivity contribution < 1.29 is 19.5 Å². The lowest BCUT2D eigenvalue weighted by atomic mass is 10.1. The van der Waals surface area contributed by atoms with Crippen LogP contribution in [0.3, 0.4) is 0 Å². The molecule has 2 amide bonds. The van der Waals surface area contributed by atoms with E-state index in [0.717, 1.165) is 0 Å². The van der Waals surface area contributed by atoms with Gasteiger partial charge in [0.2, 0.25) is 11.8 Å². The standard InChI is InChI=1S/C13H14Cl2N2O4/c14-8-2-1-7(9(15)6-8)5-12(19)17-10(13(20)21)3-4-11(16)18/h1-2,6,10H,3-5H2,(H2,16,18)(H,17,19)(H,20,21)/t10-/m1/s1. The molecule has 8 heteroatoms. The Hall–Kier alpha value is -1.79. The molecule has 1 rings (SSSR count). The third-order valence-corrected chi connectivity index (χ3v) is 3.27. The van der Waals surface area contributed by atoms with E-state index in [9.17, 15) is 14.4 Å². The highest BCUT2D eigenvalue weighted by Gasteiger charge is 2.20. The van der Waals surface area contributed by atoms with Crippen molar-refractivity contribution in [2.45, 2.75) is 25.3 Å². The molecule has 114 valence electrons. The summed E-state index contributed by atoms with van der Waals surface area (Å²) in [5.74, 6) is -2.38. The molecule has 0 aromatic heterocycles. The monoisotopic (exact) mass is 332 g/mol. The lowest BCUT2D eigenvalue weighted by Gasteiger charge is -2.14. The number of benzene rings is 1. The van der Waals surface area contributed by atoms with Crippen LogP contribution in [0, 0.1) is 0 Å². The minimum atomic E-state index is -1.23. The fourth-order valence-corrected chi connectivity index (χ4v) is 2.10. The average Bonchev–Trinajstić information content (AvgIpc) is 2.37. The highest BCUT2D eigenvalue weighted by Crippen LogP contribution is 2.21. The first-order chi connectivity index (χ1) is 9.79. The van der Waals surface area contributed by atoms with Gasteiger partial charge in [-0.25, -0.2) is 4.79 Å². The smallest absolute Gasteiger partial charge is 0.326 e. The van der Waals surface area contributed by atoms with Gasteiger partial charge in [0.1, 0.15) is 6.04 Å². The molecule has 1 aromatic carbocycles. The van der Waals surface area contributed by atoms with Gasteiger partial charge < -0.3 is 16.2 Å². The zero-order chi connectivity index (χ0) is 16.0. The number of nitrogens with two attached hydrogens (primary N) is 1. The number of carbonyl (C=O) groups is 3. The lowest BCUT2D eigenvalue weighted by molar-refractivity contribution is -0.142. The molecule has 0 fully saturated rings. The van der Waals surface area contributed by atoms with E-state index in [1.165, 1.54) is 6.07 Å². The molecule has 21 heavy (non-hydrogen) atoms. The Morgan fingerprint density at radius 3 is 2.48 bits per heavy atom. The zero-order valence-electron chi connectivity index (χ0n) is 10.9. The number of hydrogen-bond acceptors (Lipinski definition) is 3. The molecule has 0 aliphatic heterocycles. The number of halogens is 2. The highest BCUT2D eigenvalue weighted by atomic mass is 35.5. The second-order valence-corrected chi connectivity index (χ2v) is 5.22. The minimum absolute atomic E-state index is 0.0647. The number of hydrogen-bond donors (Lipinski definition) is 3.